The van der Waals surface area contributed by atoms with Crippen molar-refractivity contribution in [3.05, 3.63) is 47.4 Å². The van der Waals surface area contributed by atoms with Crippen molar-refractivity contribution in [2.75, 3.05) is 12.4 Å². The largest absolute Gasteiger partial charge is 0.340 e. The third-order valence-electron chi connectivity index (χ3n) is 2.50. The second-order valence-corrected chi connectivity index (χ2v) is 6.33. The van der Waals surface area contributed by atoms with E-state index in [1.807, 2.05) is 6.07 Å². The number of benzene rings is 1. The third kappa shape index (κ3) is 4.16. The number of nitrogens with one attached hydrogen (secondary N) is 2. The molecule has 2 rings (SSSR count). The minimum absolute atomic E-state index is 0.0798. The van der Waals surface area contributed by atoms with Crippen molar-refractivity contribution in [2.45, 2.75) is 5.75 Å². The van der Waals surface area contributed by atoms with Crippen LogP contribution in [-0.2, 0) is 15.8 Å². The molecule has 0 unspecified atom stereocenters. The van der Waals surface area contributed by atoms with E-state index in [4.69, 9.17) is 11.6 Å². The molecular weight excluding hydrogens is 300 g/mol. The van der Waals surface area contributed by atoms with Crippen LogP contribution in [0, 0.1) is 0 Å². The number of aromatic nitrogens is 2. The van der Waals surface area contributed by atoms with Gasteiger partial charge in [-0.3, -0.25) is 0 Å². The fourth-order valence-electron chi connectivity index (χ4n) is 1.58. The average Bonchev–Trinajstić information content (AvgIpc) is 2.38. The number of rotatable bonds is 5. The second kappa shape index (κ2) is 6.17. The van der Waals surface area contributed by atoms with E-state index in [2.05, 4.69) is 20.0 Å². The van der Waals surface area contributed by atoms with Crippen molar-refractivity contribution in [3.63, 3.8) is 0 Å². The van der Waals surface area contributed by atoms with E-state index in [0.717, 1.165) is 5.69 Å². The average molecular weight is 313 g/mol. The summed E-state index contributed by atoms with van der Waals surface area (Å²) in [5.74, 6) is 0.461. The maximum atomic E-state index is 11.5. The smallest absolute Gasteiger partial charge is 0.215 e. The molecular formula is C12H13ClN4O2S. The fourth-order valence-corrected chi connectivity index (χ4v) is 2.49. The summed E-state index contributed by atoms with van der Waals surface area (Å²) in [5.41, 5.74) is 1.40. The van der Waals surface area contributed by atoms with E-state index in [1.54, 1.807) is 24.3 Å². The minimum atomic E-state index is -3.29. The van der Waals surface area contributed by atoms with Crippen molar-refractivity contribution in [1.29, 1.82) is 0 Å². The Labute approximate surface area is 122 Å². The Kier molecular flexibility index (Phi) is 4.53. The van der Waals surface area contributed by atoms with Crippen LogP contribution < -0.4 is 10.0 Å². The van der Waals surface area contributed by atoms with E-state index in [-0.39, 0.29) is 5.75 Å². The van der Waals surface area contributed by atoms with Gasteiger partial charge in [-0.25, -0.2) is 23.1 Å². The van der Waals surface area contributed by atoms with Gasteiger partial charge in [0.05, 0.1) is 5.75 Å². The minimum Gasteiger partial charge on any atom is -0.340 e. The van der Waals surface area contributed by atoms with Gasteiger partial charge >= 0.3 is 0 Å². The van der Waals surface area contributed by atoms with Crippen LogP contribution in [0.25, 0.3) is 0 Å². The molecule has 106 valence electrons. The Hall–Kier alpha value is -1.70. The summed E-state index contributed by atoms with van der Waals surface area (Å²) in [7, 11) is -1.90. The molecule has 0 spiro atoms. The molecule has 0 saturated heterocycles. The molecule has 0 aliphatic heterocycles. The molecule has 0 aliphatic carbocycles. The lowest BCUT2D eigenvalue weighted by Crippen LogP contribution is -2.20. The summed E-state index contributed by atoms with van der Waals surface area (Å²) >= 11 is 5.77. The molecule has 0 fully saturated rings. The predicted molar refractivity (Wildman–Crippen MR) is 78.5 cm³/mol. The van der Waals surface area contributed by atoms with E-state index < -0.39 is 10.0 Å². The van der Waals surface area contributed by atoms with Gasteiger partial charge in [0.2, 0.25) is 10.0 Å². The lowest BCUT2D eigenvalue weighted by molar-refractivity contribution is 0.587. The lowest BCUT2D eigenvalue weighted by Gasteiger charge is -2.08. The van der Waals surface area contributed by atoms with Crippen molar-refractivity contribution in [3.8, 4) is 0 Å². The molecule has 0 radical (unpaired) electrons. The molecule has 0 saturated carbocycles. The molecule has 6 nitrogen and oxygen atoms in total. The van der Waals surface area contributed by atoms with Gasteiger partial charge in [0.1, 0.15) is 17.3 Å². The van der Waals surface area contributed by atoms with Crippen molar-refractivity contribution in [1.82, 2.24) is 14.7 Å². The second-order valence-electron chi connectivity index (χ2n) is 4.01. The normalized spacial score (nSPS) is 11.3. The summed E-state index contributed by atoms with van der Waals surface area (Å²) in [6.45, 7) is 0. The summed E-state index contributed by atoms with van der Waals surface area (Å²) < 4.78 is 25.3. The van der Waals surface area contributed by atoms with Crippen LogP contribution in [0.2, 0.25) is 5.15 Å². The zero-order chi connectivity index (χ0) is 14.6. The van der Waals surface area contributed by atoms with Gasteiger partial charge < -0.3 is 5.32 Å². The van der Waals surface area contributed by atoms with E-state index in [9.17, 15) is 8.42 Å². The number of anilines is 2. The Morgan fingerprint density at radius 2 is 2.05 bits per heavy atom. The first-order valence-corrected chi connectivity index (χ1v) is 7.76. The van der Waals surface area contributed by atoms with Gasteiger partial charge in [0.25, 0.3) is 0 Å². The topological polar surface area (TPSA) is 84.0 Å². The highest BCUT2D eigenvalue weighted by Gasteiger charge is 2.09. The zero-order valence-corrected chi connectivity index (χ0v) is 12.2. The standard InChI is InChI=1S/C12H13ClN4O2S/c1-14-20(18,19)7-9-3-2-4-10(5-9)17-12-6-11(13)15-8-16-12/h2-6,8,14H,7H2,1H3,(H,15,16,17). The number of hydrogen-bond donors (Lipinski definition) is 2. The van der Waals surface area contributed by atoms with E-state index in [1.165, 1.54) is 13.4 Å². The fraction of sp³-hybridized carbons (Fsp3) is 0.167. The maximum Gasteiger partial charge on any atom is 0.215 e. The molecule has 0 atom stereocenters. The van der Waals surface area contributed by atoms with Crippen LogP contribution in [-0.4, -0.2) is 25.4 Å². The highest BCUT2D eigenvalue weighted by atomic mass is 35.5. The quantitative estimate of drug-likeness (QED) is 0.824. The van der Waals surface area contributed by atoms with E-state index in [0.29, 0.717) is 16.5 Å². The third-order valence-corrected chi connectivity index (χ3v) is 4.04. The Morgan fingerprint density at radius 1 is 1.25 bits per heavy atom. The van der Waals surface area contributed by atoms with Crippen molar-refractivity contribution >= 4 is 33.1 Å². The Balaban J connectivity index is 2.18. The van der Waals surface area contributed by atoms with Crippen molar-refractivity contribution in [2.24, 2.45) is 0 Å². The number of halogens is 1. The SMILES string of the molecule is CNS(=O)(=O)Cc1cccc(Nc2cc(Cl)ncn2)c1. The number of sulfonamides is 1. The Bertz CT molecular complexity index is 706. The molecule has 20 heavy (non-hydrogen) atoms. The molecule has 0 bridgehead atoms. The number of nitrogens with zero attached hydrogens (tertiary/aromatic N) is 2. The van der Waals surface area contributed by atoms with Crippen LogP contribution in [0.5, 0.6) is 0 Å². The van der Waals surface area contributed by atoms with E-state index >= 15 is 0 Å². The molecule has 1 aromatic heterocycles. The first kappa shape index (κ1) is 14.7. The molecule has 1 heterocycles. The van der Waals surface area contributed by atoms with Crippen LogP contribution in [0.3, 0.4) is 0 Å². The summed E-state index contributed by atoms with van der Waals surface area (Å²) in [6, 6.07) is 8.65. The first-order valence-electron chi connectivity index (χ1n) is 5.73. The van der Waals surface area contributed by atoms with Crippen LogP contribution in [0.1, 0.15) is 5.56 Å². The van der Waals surface area contributed by atoms with Crippen LogP contribution in [0.15, 0.2) is 36.7 Å². The summed E-state index contributed by atoms with van der Waals surface area (Å²) in [6.07, 6.45) is 1.35. The molecule has 2 aromatic rings. The van der Waals surface area contributed by atoms with Crippen molar-refractivity contribution < 1.29 is 8.42 Å². The first-order chi connectivity index (χ1) is 9.48. The summed E-state index contributed by atoms with van der Waals surface area (Å²) in [5, 5.41) is 3.37. The van der Waals surface area contributed by atoms with Gasteiger partial charge in [-0.2, -0.15) is 0 Å². The van der Waals surface area contributed by atoms with Gasteiger partial charge in [0, 0.05) is 11.8 Å². The maximum absolute atomic E-state index is 11.5. The molecule has 8 heteroatoms. The van der Waals surface area contributed by atoms with Gasteiger partial charge in [-0.1, -0.05) is 23.7 Å². The lowest BCUT2D eigenvalue weighted by atomic mass is 10.2. The monoisotopic (exact) mass is 312 g/mol. The van der Waals surface area contributed by atoms with Gasteiger partial charge in [-0.15, -0.1) is 0 Å². The molecule has 0 aliphatic rings. The molecule has 2 N–H and O–H groups in total. The van der Waals surface area contributed by atoms with Gasteiger partial charge in [0.15, 0.2) is 0 Å². The Morgan fingerprint density at radius 3 is 2.75 bits per heavy atom. The van der Waals surface area contributed by atoms with Crippen LogP contribution >= 0.6 is 11.6 Å². The number of hydrogen-bond acceptors (Lipinski definition) is 5. The zero-order valence-electron chi connectivity index (χ0n) is 10.7. The summed E-state index contributed by atoms with van der Waals surface area (Å²) in [4.78, 5) is 7.80. The molecule has 0 amide bonds. The van der Waals surface area contributed by atoms with Crippen LogP contribution in [0.4, 0.5) is 11.5 Å². The van der Waals surface area contributed by atoms with Gasteiger partial charge in [-0.05, 0) is 24.7 Å². The predicted octanol–water partition coefficient (Wildman–Crippen LogP) is 1.92. The highest BCUT2D eigenvalue weighted by Crippen LogP contribution is 2.18. The molecule has 1 aromatic carbocycles. The highest BCUT2D eigenvalue weighted by molar-refractivity contribution is 7.88.